The zero-order chi connectivity index (χ0) is 12.8. The van der Waals surface area contributed by atoms with E-state index in [1.165, 1.54) is 70.6 Å². The lowest BCUT2D eigenvalue weighted by molar-refractivity contribution is 0.257. The fourth-order valence-corrected chi connectivity index (χ4v) is 2.16. The average Bonchev–Trinajstić information content (AvgIpc) is 2.35. The highest BCUT2D eigenvalue weighted by atomic mass is 16.3. The summed E-state index contributed by atoms with van der Waals surface area (Å²) >= 11 is 0. The smallest absolute Gasteiger partial charge is 0.0582 e. The molecule has 0 aromatic heterocycles. The van der Waals surface area contributed by atoms with Crippen molar-refractivity contribution in [1.29, 1.82) is 0 Å². The van der Waals surface area contributed by atoms with Crippen molar-refractivity contribution < 1.29 is 5.11 Å². The Hall–Kier alpha value is -0.0800. The summed E-state index contributed by atoms with van der Waals surface area (Å²) in [5.74, 6) is 0. The molecule has 2 nitrogen and oxygen atoms in total. The predicted molar refractivity (Wildman–Crippen MR) is 76.1 cm³/mol. The van der Waals surface area contributed by atoms with E-state index < -0.39 is 0 Å². The number of aliphatic hydroxyl groups is 1. The summed E-state index contributed by atoms with van der Waals surface area (Å²) in [5, 5.41) is 8.77. The fourth-order valence-electron chi connectivity index (χ4n) is 2.16. The zero-order valence-corrected chi connectivity index (χ0v) is 11.8. The van der Waals surface area contributed by atoms with E-state index in [0.29, 0.717) is 0 Å². The topological polar surface area (TPSA) is 46.2 Å². The first-order chi connectivity index (χ1) is 8.31. The summed E-state index contributed by atoms with van der Waals surface area (Å²) in [6.45, 7) is 2.40. The Morgan fingerprint density at radius 2 is 1.18 bits per heavy atom. The Kier molecular flexibility index (Phi) is 13.9. The normalized spacial score (nSPS) is 12.9. The molecule has 0 fully saturated rings. The molecule has 2 heteroatoms. The van der Waals surface area contributed by atoms with Crippen LogP contribution in [0.15, 0.2) is 0 Å². The summed E-state index contributed by atoms with van der Waals surface area (Å²) in [6, 6.07) is 0.00793. The number of nitrogens with two attached hydrogens (primary N) is 1. The number of hydrogen-bond acceptors (Lipinski definition) is 2. The molecule has 0 aliphatic heterocycles. The monoisotopic (exact) mass is 243 g/mol. The van der Waals surface area contributed by atoms with Crippen LogP contribution in [0.2, 0.25) is 0 Å². The van der Waals surface area contributed by atoms with Crippen LogP contribution in [0.5, 0.6) is 0 Å². The van der Waals surface area contributed by atoms with Crippen LogP contribution in [0.1, 0.15) is 84.0 Å². The van der Waals surface area contributed by atoms with Crippen molar-refractivity contribution in [1.82, 2.24) is 0 Å². The van der Waals surface area contributed by atoms with Gasteiger partial charge >= 0.3 is 0 Å². The second-order valence-corrected chi connectivity index (χ2v) is 5.27. The molecule has 0 saturated heterocycles. The Morgan fingerprint density at radius 3 is 1.59 bits per heavy atom. The molecule has 0 heterocycles. The lowest BCUT2D eigenvalue weighted by Gasteiger charge is -2.07. The fraction of sp³-hybridized carbons (Fsp3) is 1.00. The zero-order valence-electron chi connectivity index (χ0n) is 11.8. The lowest BCUT2D eigenvalue weighted by Crippen LogP contribution is -2.23. The highest BCUT2D eigenvalue weighted by Gasteiger charge is 1.99. The first kappa shape index (κ1) is 16.9. The molecule has 0 spiro atoms. The Bertz CT molecular complexity index is 139. The van der Waals surface area contributed by atoms with Crippen LogP contribution in [-0.4, -0.2) is 17.8 Å². The minimum absolute atomic E-state index is 0.00793. The van der Waals surface area contributed by atoms with E-state index in [9.17, 15) is 0 Å². The number of rotatable bonds is 13. The van der Waals surface area contributed by atoms with Gasteiger partial charge in [0.1, 0.15) is 0 Å². The van der Waals surface area contributed by atoms with Crippen molar-refractivity contribution in [2.45, 2.75) is 90.0 Å². The van der Waals surface area contributed by atoms with Crippen LogP contribution in [0.4, 0.5) is 0 Å². The predicted octanol–water partition coefficient (Wildman–Crippen LogP) is 4.01. The van der Waals surface area contributed by atoms with Gasteiger partial charge in [0.15, 0.2) is 0 Å². The summed E-state index contributed by atoms with van der Waals surface area (Å²) in [6.07, 6.45) is 16.0. The summed E-state index contributed by atoms with van der Waals surface area (Å²) < 4.78 is 0. The highest BCUT2D eigenvalue weighted by molar-refractivity contribution is 4.58. The van der Waals surface area contributed by atoms with Gasteiger partial charge in [-0.1, -0.05) is 77.6 Å². The van der Waals surface area contributed by atoms with Gasteiger partial charge < -0.3 is 10.8 Å². The molecule has 17 heavy (non-hydrogen) atoms. The maximum absolute atomic E-state index is 8.77. The van der Waals surface area contributed by atoms with E-state index in [2.05, 4.69) is 6.92 Å². The standard InChI is InChI=1S/C15H33NO/c1-2-3-4-5-6-7-8-9-10-11-12-13-15(16)14-17/h15,17H,2-14,16H2,1H3. The molecule has 0 amide bonds. The Morgan fingerprint density at radius 1 is 0.765 bits per heavy atom. The molecule has 0 radical (unpaired) electrons. The molecule has 0 aliphatic rings. The molecule has 0 rings (SSSR count). The van der Waals surface area contributed by atoms with Crippen molar-refractivity contribution in [2.75, 3.05) is 6.61 Å². The van der Waals surface area contributed by atoms with Crippen LogP contribution in [0, 0.1) is 0 Å². The van der Waals surface area contributed by atoms with Crippen molar-refractivity contribution in [3.63, 3.8) is 0 Å². The average molecular weight is 243 g/mol. The lowest BCUT2D eigenvalue weighted by atomic mass is 10.0. The van der Waals surface area contributed by atoms with Crippen molar-refractivity contribution in [3.8, 4) is 0 Å². The Labute approximate surface area is 108 Å². The number of aliphatic hydroxyl groups excluding tert-OH is 1. The highest BCUT2D eigenvalue weighted by Crippen LogP contribution is 2.12. The van der Waals surface area contributed by atoms with Gasteiger partial charge in [0.25, 0.3) is 0 Å². The minimum Gasteiger partial charge on any atom is -0.395 e. The van der Waals surface area contributed by atoms with Gasteiger partial charge in [0.05, 0.1) is 6.61 Å². The van der Waals surface area contributed by atoms with E-state index in [1.807, 2.05) is 0 Å². The van der Waals surface area contributed by atoms with Gasteiger partial charge in [-0.3, -0.25) is 0 Å². The van der Waals surface area contributed by atoms with Crippen LogP contribution >= 0.6 is 0 Å². The molecular formula is C15H33NO. The van der Waals surface area contributed by atoms with Gasteiger partial charge in [0, 0.05) is 6.04 Å². The van der Waals surface area contributed by atoms with Crippen LogP contribution in [-0.2, 0) is 0 Å². The number of unbranched alkanes of at least 4 members (excludes halogenated alkanes) is 10. The maximum Gasteiger partial charge on any atom is 0.0582 e. The molecule has 0 aromatic rings. The summed E-state index contributed by atoms with van der Waals surface area (Å²) in [5.41, 5.74) is 5.64. The third kappa shape index (κ3) is 13.9. The quantitative estimate of drug-likeness (QED) is 0.480. The third-order valence-electron chi connectivity index (χ3n) is 3.41. The third-order valence-corrected chi connectivity index (χ3v) is 3.41. The molecular weight excluding hydrogens is 210 g/mol. The van der Waals surface area contributed by atoms with E-state index in [4.69, 9.17) is 10.8 Å². The minimum atomic E-state index is 0.00793. The van der Waals surface area contributed by atoms with E-state index in [-0.39, 0.29) is 12.6 Å². The molecule has 104 valence electrons. The number of hydrogen-bond donors (Lipinski definition) is 2. The van der Waals surface area contributed by atoms with Gasteiger partial charge in [-0.25, -0.2) is 0 Å². The maximum atomic E-state index is 8.77. The Balaban J connectivity index is 2.94. The SMILES string of the molecule is CCCCCCCCCCCCCC(N)CO. The van der Waals surface area contributed by atoms with Crippen LogP contribution in [0.3, 0.4) is 0 Å². The summed E-state index contributed by atoms with van der Waals surface area (Å²) in [4.78, 5) is 0. The first-order valence-corrected chi connectivity index (χ1v) is 7.67. The van der Waals surface area contributed by atoms with Crippen molar-refractivity contribution >= 4 is 0 Å². The molecule has 1 atom stereocenters. The molecule has 0 bridgehead atoms. The van der Waals surface area contributed by atoms with Gasteiger partial charge in [-0.05, 0) is 6.42 Å². The molecule has 1 unspecified atom stereocenters. The first-order valence-electron chi connectivity index (χ1n) is 7.67. The van der Waals surface area contributed by atoms with E-state index >= 15 is 0 Å². The van der Waals surface area contributed by atoms with Crippen molar-refractivity contribution in [3.05, 3.63) is 0 Å². The van der Waals surface area contributed by atoms with Gasteiger partial charge in [-0.15, -0.1) is 0 Å². The molecule has 0 aliphatic carbocycles. The van der Waals surface area contributed by atoms with E-state index in [0.717, 1.165) is 6.42 Å². The molecule has 3 N–H and O–H groups in total. The summed E-state index contributed by atoms with van der Waals surface area (Å²) in [7, 11) is 0. The second-order valence-electron chi connectivity index (χ2n) is 5.27. The van der Waals surface area contributed by atoms with Crippen LogP contribution in [0.25, 0.3) is 0 Å². The van der Waals surface area contributed by atoms with Gasteiger partial charge in [0.2, 0.25) is 0 Å². The molecule has 0 aromatic carbocycles. The molecule has 0 saturated carbocycles. The van der Waals surface area contributed by atoms with Gasteiger partial charge in [-0.2, -0.15) is 0 Å². The second kappa shape index (κ2) is 14.0. The van der Waals surface area contributed by atoms with Crippen LogP contribution < -0.4 is 5.73 Å². The largest absolute Gasteiger partial charge is 0.395 e. The van der Waals surface area contributed by atoms with E-state index in [1.54, 1.807) is 0 Å². The van der Waals surface area contributed by atoms with Crippen molar-refractivity contribution in [2.24, 2.45) is 5.73 Å².